The maximum Gasteiger partial charge on any atom is 0.319 e. The van der Waals surface area contributed by atoms with Gasteiger partial charge in [0.2, 0.25) is 0 Å². The highest BCUT2D eigenvalue weighted by Crippen LogP contribution is 2.38. The highest BCUT2D eigenvalue weighted by atomic mass is 19.3. The van der Waals surface area contributed by atoms with Crippen LogP contribution >= 0.6 is 0 Å². The zero-order valence-electron chi connectivity index (χ0n) is 13.6. The van der Waals surface area contributed by atoms with Gasteiger partial charge in [-0.1, -0.05) is 37.1 Å². The van der Waals surface area contributed by atoms with Crippen molar-refractivity contribution >= 4 is 11.7 Å². The van der Waals surface area contributed by atoms with Crippen LogP contribution in [0.3, 0.4) is 0 Å². The van der Waals surface area contributed by atoms with Crippen molar-refractivity contribution in [3.05, 3.63) is 65.5 Å². The number of alkyl halides is 2. The number of benzene rings is 2. The Kier molecular flexibility index (Phi) is 4.97. The van der Waals surface area contributed by atoms with Gasteiger partial charge < -0.3 is 10.6 Å². The molecule has 1 aliphatic rings. The third kappa shape index (κ3) is 3.95. The molecular weight excluding hydrogens is 329 g/mol. The molecule has 1 saturated carbocycles. The molecule has 0 atom stereocenters. The van der Waals surface area contributed by atoms with Crippen molar-refractivity contribution in [3.8, 4) is 0 Å². The zero-order valence-corrected chi connectivity index (χ0v) is 13.6. The number of hydrogen-bond donors (Lipinski definition) is 2. The lowest BCUT2D eigenvalue weighted by atomic mass is 9.88. The number of carbonyl (C=O) groups is 1. The molecule has 2 amide bonds. The average Bonchev–Trinajstić information content (AvgIpc) is 3.05. The van der Waals surface area contributed by atoms with E-state index in [1.807, 2.05) is 0 Å². The molecule has 2 aromatic rings. The van der Waals surface area contributed by atoms with Gasteiger partial charge >= 0.3 is 6.03 Å². The first kappa shape index (κ1) is 17.3. The second kappa shape index (κ2) is 7.17. The summed E-state index contributed by atoms with van der Waals surface area (Å²) in [6.45, 7) is 0. The fourth-order valence-electron chi connectivity index (χ4n) is 3.37. The largest absolute Gasteiger partial charge is 0.328 e. The van der Waals surface area contributed by atoms with E-state index in [-0.39, 0.29) is 11.4 Å². The van der Waals surface area contributed by atoms with Crippen LogP contribution in [0.25, 0.3) is 0 Å². The van der Waals surface area contributed by atoms with Crippen LogP contribution in [0.1, 0.15) is 43.2 Å². The van der Waals surface area contributed by atoms with Gasteiger partial charge in [-0.05, 0) is 42.7 Å². The average molecular weight is 348 g/mol. The van der Waals surface area contributed by atoms with Gasteiger partial charge in [-0.15, -0.1) is 0 Å². The van der Waals surface area contributed by atoms with Gasteiger partial charge in [0.25, 0.3) is 6.43 Å². The summed E-state index contributed by atoms with van der Waals surface area (Å²) < 4.78 is 38.7. The highest BCUT2D eigenvalue weighted by molar-refractivity contribution is 5.90. The summed E-state index contributed by atoms with van der Waals surface area (Å²) in [5, 5.41) is 5.58. The lowest BCUT2D eigenvalue weighted by Crippen LogP contribution is -2.45. The standard InChI is InChI=1S/C19H19F3N2O/c20-15-8-6-14(7-9-15)19(10-1-2-11-19)24-18(25)23-16-5-3-4-13(12-16)17(21)22/h3-9,12,17H,1-2,10-11H2,(H2,23,24,25). The smallest absolute Gasteiger partial charge is 0.319 e. The molecular formula is C19H19F3N2O. The van der Waals surface area contributed by atoms with E-state index in [1.54, 1.807) is 18.2 Å². The Hall–Kier alpha value is -2.50. The van der Waals surface area contributed by atoms with E-state index in [1.165, 1.54) is 30.3 Å². The number of halogens is 3. The second-order valence-electron chi connectivity index (χ2n) is 6.30. The van der Waals surface area contributed by atoms with Crippen LogP contribution in [0.2, 0.25) is 0 Å². The third-order valence-electron chi connectivity index (χ3n) is 4.60. The van der Waals surface area contributed by atoms with Gasteiger partial charge in [0, 0.05) is 11.3 Å². The number of rotatable bonds is 4. The first-order chi connectivity index (χ1) is 12.0. The zero-order chi connectivity index (χ0) is 17.9. The van der Waals surface area contributed by atoms with Gasteiger partial charge in [-0.3, -0.25) is 0 Å². The topological polar surface area (TPSA) is 41.1 Å². The quantitative estimate of drug-likeness (QED) is 0.768. The van der Waals surface area contributed by atoms with Gasteiger partial charge in [0.05, 0.1) is 5.54 Å². The van der Waals surface area contributed by atoms with E-state index in [2.05, 4.69) is 10.6 Å². The Morgan fingerprint density at radius 1 is 1.04 bits per heavy atom. The number of hydrogen-bond acceptors (Lipinski definition) is 1. The summed E-state index contributed by atoms with van der Waals surface area (Å²) in [5.74, 6) is -0.329. The minimum absolute atomic E-state index is 0.146. The van der Waals surface area contributed by atoms with Crippen LogP contribution in [0.5, 0.6) is 0 Å². The summed E-state index contributed by atoms with van der Waals surface area (Å²) in [6, 6.07) is 11.2. The van der Waals surface area contributed by atoms with Crippen molar-refractivity contribution in [2.45, 2.75) is 37.6 Å². The molecule has 3 nitrogen and oxygen atoms in total. The Morgan fingerprint density at radius 2 is 1.72 bits per heavy atom. The van der Waals surface area contributed by atoms with Crippen molar-refractivity contribution in [1.29, 1.82) is 0 Å². The van der Waals surface area contributed by atoms with Crippen molar-refractivity contribution in [2.75, 3.05) is 5.32 Å². The van der Waals surface area contributed by atoms with E-state index in [0.29, 0.717) is 5.69 Å². The van der Waals surface area contributed by atoms with E-state index >= 15 is 0 Å². The van der Waals surface area contributed by atoms with Crippen LogP contribution in [-0.2, 0) is 5.54 Å². The summed E-state index contributed by atoms with van der Waals surface area (Å²) in [4.78, 5) is 12.4. The first-order valence-corrected chi connectivity index (χ1v) is 8.22. The molecule has 0 heterocycles. The predicted octanol–water partition coefficient (Wildman–Crippen LogP) is 5.35. The number of anilines is 1. The Bertz CT molecular complexity index is 741. The van der Waals surface area contributed by atoms with Gasteiger partial charge in [-0.2, -0.15) is 0 Å². The van der Waals surface area contributed by atoms with E-state index in [0.717, 1.165) is 31.2 Å². The van der Waals surface area contributed by atoms with Crippen LogP contribution in [0.15, 0.2) is 48.5 Å². The first-order valence-electron chi connectivity index (χ1n) is 8.22. The van der Waals surface area contributed by atoms with E-state index in [4.69, 9.17) is 0 Å². The molecule has 1 aliphatic carbocycles. The van der Waals surface area contributed by atoms with Crippen molar-refractivity contribution in [2.24, 2.45) is 0 Å². The summed E-state index contributed by atoms with van der Waals surface area (Å²) in [6.07, 6.45) is 0.828. The van der Waals surface area contributed by atoms with Crippen molar-refractivity contribution in [3.63, 3.8) is 0 Å². The number of urea groups is 1. The van der Waals surface area contributed by atoms with Crippen molar-refractivity contribution < 1.29 is 18.0 Å². The van der Waals surface area contributed by atoms with Crippen molar-refractivity contribution in [1.82, 2.24) is 5.32 Å². The minimum Gasteiger partial charge on any atom is -0.328 e. The maximum absolute atomic E-state index is 13.2. The molecule has 132 valence electrons. The molecule has 0 aliphatic heterocycles. The van der Waals surface area contributed by atoms with Gasteiger partial charge in [0.1, 0.15) is 5.82 Å². The number of amides is 2. The maximum atomic E-state index is 13.2. The Labute approximate surface area is 144 Å². The van der Waals surface area contributed by atoms with Crippen LogP contribution < -0.4 is 10.6 Å². The molecule has 1 fully saturated rings. The molecule has 0 bridgehead atoms. The Morgan fingerprint density at radius 3 is 2.36 bits per heavy atom. The number of carbonyl (C=O) groups excluding carboxylic acids is 1. The lowest BCUT2D eigenvalue weighted by molar-refractivity contribution is 0.151. The molecule has 0 radical (unpaired) electrons. The summed E-state index contributed by atoms with van der Waals surface area (Å²) >= 11 is 0. The van der Waals surface area contributed by atoms with Crippen LogP contribution in [-0.4, -0.2) is 6.03 Å². The fourth-order valence-corrected chi connectivity index (χ4v) is 3.37. The minimum atomic E-state index is -2.59. The highest BCUT2D eigenvalue weighted by Gasteiger charge is 2.37. The van der Waals surface area contributed by atoms with E-state index in [9.17, 15) is 18.0 Å². The molecule has 0 saturated heterocycles. The molecule has 0 unspecified atom stereocenters. The predicted molar refractivity (Wildman–Crippen MR) is 90.1 cm³/mol. The third-order valence-corrected chi connectivity index (χ3v) is 4.60. The molecule has 6 heteroatoms. The van der Waals surface area contributed by atoms with Gasteiger partial charge in [-0.25, -0.2) is 18.0 Å². The normalized spacial score (nSPS) is 16.0. The van der Waals surface area contributed by atoms with Crippen LogP contribution in [0.4, 0.5) is 23.7 Å². The SMILES string of the molecule is O=C(Nc1cccc(C(F)F)c1)NC1(c2ccc(F)cc2)CCCC1. The summed E-state index contributed by atoms with van der Waals surface area (Å²) in [7, 11) is 0. The number of nitrogens with one attached hydrogen (secondary N) is 2. The van der Waals surface area contributed by atoms with E-state index < -0.39 is 18.0 Å². The molecule has 0 aromatic heterocycles. The lowest BCUT2D eigenvalue weighted by Gasteiger charge is -2.31. The second-order valence-corrected chi connectivity index (χ2v) is 6.30. The van der Waals surface area contributed by atoms with Gasteiger partial charge in [0.15, 0.2) is 0 Å². The van der Waals surface area contributed by atoms with Crippen LogP contribution in [0, 0.1) is 5.82 Å². The molecule has 2 N–H and O–H groups in total. The monoisotopic (exact) mass is 348 g/mol. The Balaban J connectivity index is 1.75. The molecule has 0 spiro atoms. The molecule has 2 aromatic carbocycles. The molecule has 3 rings (SSSR count). The summed E-state index contributed by atoms with van der Waals surface area (Å²) in [5.41, 5.74) is 0.454. The fraction of sp³-hybridized carbons (Fsp3) is 0.316. The molecule has 25 heavy (non-hydrogen) atoms.